The number of anilines is 1. The minimum atomic E-state index is -0.392. The number of amides is 2. The molecule has 1 aromatic heterocycles. The maximum absolute atomic E-state index is 12.4. The molecular formula is C22H22N4O3S. The fourth-order valence-electron chi connectivity index (χ4n) is 3.27. The number of thiophene rings is 1. The van der Waals surface area contributed by atoms with Crippen LogP contribution >= 0.6 is 11.3 Å². The molecule has 2 amide bonds. The molecule has 0 aliphatic carbocycles. The zero-order chi connectivity index (χ0) is 21.1. The Balaban J connectivity index is 1.34. The zero-order valence-electron chi connectivity index (χ0n) is 16.8. The molecule has 0 radical (unpaired) electrons. The number of fused-ring (bicyclic) bond motifs is 2. The van der Waals surface area contributed by atoms with Crippen molar-refractivity contribution in [3.05, 3.63) is 59.0 Å². The molecular weight excluding hydrogens is 400 g/mol. The van der Waals surface area contributed by atoms with Crippen molar-refractivity contribution in [2.24, 2.45) is 5.10 Å². The summed E-state index contributed by atoms with van der Waals surface area (Å²) in [5.41, 5.74) is 5.59. The first-order chi connectivity index (χ1) is 14.5. The third kappa shape index (κ3) is 4.13. The van der Waals surface area contributed by atoms with Gasteiger partial charge in [0.15, 0.2) is 0 Å². The lowest BCUT2D eigenvalue weighted by atomic mass is 10.1. The van der Waals surface area contributed by atoms with E-state index in [1.165, 1.54) is 4.70 Å². The van der Waals surface area contributed by atoms with Crippen molar-refractivity contribution in [1.29, 1.82) is 0 Å². The second-order valence-electron chi connectivity index (χ2n) is 7.01. The van der Waals surface area contributed by atoms with Crippen LogP contribution in [0.1, 0.15) is 22.8 Å². The maximum atomic E-state index is 12.4. The van der Waals surface area contributed by atoms with Gasteiger partial charge >= 0.3 is 0 Å². The molecule has 0 bridgehead atoms. The fourth-order valence-corrected chi connectivity index (χ4v) is 4.27. The Morgan fingerprint density at radius 1 is 1.23 bits per heavy atom. The first kappa shape index (κ1) is 19.9. The van der Waals surface area contributed by atoms with Gasteiger partial charge in [0.25, 0.3) is 11.8 Å². The van der Waals surface area contributed by atoms with Crippen molar-refractivity contribution in [1.82, 2.24) is 10.7 Å². The number of carbonyl (C=O) groups excluding carboxylic acids is 2. The molecule has 154 valence electrons. The molecule has 3 aromatic rings. The predicted octanol–water partition coefficient (Wildman–Crippen LogP) is 3.00. The molecule has 2 heterocycles. The van der Waals surface area contributed by atoms with E-state index in [0.717, 1.165) is 23.2 Å². The first-order valence-corrected chi connectivity index (χ1v) is 10.5. The lowest BCUT2D eigenvalue weighted by Gasteiger charge is -2.27. The van der Waals surface area contributed by atoms with Crippen LogP contribution in [0.15, 0.2) is 52.9 Å². The van der Waals surface area contributed by atoms with E-state index >= 15 is 0 Å². The number of benzene rings is 2. The van der Waals surface area contributed by atoms with E-state index in [9.17, 15) is 9.59 Å². The summed E-state index contributed by atoms with van der Waals surface area (Å²) in [6, 6.07) is 13.3. The number of carbonyl (C=O) groups is 2. The Morgan fingerprint density at radius 3 is 2.93 bits per heavy atom. The molecule has 2 aromatic carbocycles. The monoisotopic (exact) mass is 422 g/mol. The van der Waals surface area contributed by atoms with Crippen molar-refractivity contribution in [2.45, 2.75) is 6.92 Å². The highest BCUT2D eigenvalue weighted by atomic mass is 32.1. The highest BCUT2D eigenvalue weighted by molar-refractivity contribution is 7.17. The summed E-state index contributed by atoms with van der Waals surface area (Å²) < 4.78 is 6.79. The van der Waals surface area contributed by atoms with Gasteiger partial charge in [-0.15, -0.1) is 11.3 Å². The molecule has 1 aliphatic rings. The van der Waals surface area contributed by atoms with E-state index in [-0.39, 0.29) is 12.5 Å². The Hall–Kier alpha value is -3.39. The van der Waals surface area contributed by atoms with Crippen molar-refractivity contribution in [3.63, 3.8) is 0 Å². The summed E-state index contributed by atoms with van der Waals surface area (Å²) in [6.07, 6.45) is 0. The smallest absolute Gasteiger partial charge is 0.259 e. The van der Waals surface area contributed by atoms with Crippen LogP contribution in [-0.4, -0.2) is 44.3 Å². The van der Waals surface area contributed by atoms with Crippen LogP contribution in [0, 0.1) is 0 Å². The highest BCUT2D eigenvalue weighted by Crippen LogP contribution is 2.31. The number of hydrogen-bond acceptors (Lipinski definition) is 6. The topological polar surface area (TPSA) is 83.0 Å². The van der Waals surface area contributed by atoms with Gasteiger partial charge in [-0.25, -0.2) is 5.43 Å². The molecule has 0 saturated heterocycles. The molecule has 2 N–H and O–H groups in total. The van der Waals surface area contributed by atoms with Gasteiger partial charge in [-0.05, 0) is 31.2 Å². The highest BCUT2D eigenvalue weighted by Gasteiger charge is 2.17. The van der Waals surface area contributed by atoms with Crippen LogP contribution in [0.5, 0.6) is 5.75 Å². The summed E-state index contributed by atoms with van der Waals surface area (Å²) in [5.74, 6) is -0.0606. The molecule has 0 unspecified atom stereocenters. The van der Waals surface area contributed by atoms with Gasteiger partial charge < -0.3 is 15.0 Å². The van der Waals surface area contributed by atoms with Crippen LogP contribution in [0.3, 0.4) is 0 Å². The number of hydrogen-bond donors (Lipinski definition) is 2. The fraction of sp³-hybridized carbons (Fsp3) is 0.227. The molecule has 0 saturated carbocycles. The maximum Gasteiger partial charge on any atom is 0.259 e. The zero-order valence-corrected chi connectivity index (χ0v) is 17.6. The number of rotatable bonds is 5. The molecule has 8 heteroatoms. The number of nitrogens with one attached hydrogen (secondary N) is 2. The second kappa shape index (κ2) is 8.54. The van der Waals surface area contributed by atoms with E-state index in [2.05, 4.69) is 26.8 Å². The lowest BCUT2D eigenvalue weighted by molar-refractivity contribution is -0.120. The Morgan fingerprint density at radius 2 is 2.07 bits per heavy atom. The van der Waals surface area contributed by atoms with Crippen molar-refractivity contribution in [2.75, 3.05) is 31.6 Å². The van der Waals surface area contributed by atoms with Crippen molar-refractivity contribution < 1.29 is 14.3 Å². The van der Waals surface area contributed by atoms with Crippen molar-refractivity contribution in [3.8, 4) is 5.75 Å². The van der Waals surface area contributed by atoms with Crippen LogP contribution in [0.25, 0.3) is 10.1 Å². The molecule has 1 aliphatic heterocycles. The van der Waals surface area contributed by atoms with Gasteiger partial charge in [0.1, 0.15) is 12.4 Å². The Labute approximate surface area is 178 Å². The first-order valence-electron chi connectivity index (χ1n) is 9.59. The average Bonchev–Trinajstić information content (AvgIpc) is 3.20. The minimum absolute atomic E-state index is 0.169. The third-order valence-corrected chi connectivity index (χ3v) is 5.91. The van der Waals surface area contributed by atoms with Crippen LogP contribution in [0.2, 0.25) is 0 Å². The van der Waals surface area contributed by atoms with Gasteiger partial charge in [-0.1, -0.05) is 18.2 Å². The van der Waals surface area contributed by atoms with E-state index in [0.29, 0.717) is 23.6 Å². The number of ether oxygens (including phenoxy) is 1. The largest absolute Gasteiger partial charge is 0.490 e. The van der Waals surface area contributed by atoms with Gasteiger partial charge in [0.05, 0.1) is 24.5 Å². The van der Waals surface area contributed by atoms with E-state index in [1.807, 2.05) is 43.6 Å². The summed E-state index contributed by atoms with van der Waals surface area (Å²) in [7, 11) is 1.98. The van der Waals surface area contributed by atoms with Crippen LogP contribution < -0.4 is 20.4 Å². The number of likely N-dealkylation sites (N-methyl/N-ethyl adjacent to an activating group) is 1. The van der Waals surface area contributed by atoms with E-state index < -0.39 is 5.91 Å². The van der Waals surface area contributed by atoms with Gasteiger partial charge in [0.2, 0.25) is 0 Å². The molecule has 0 spiro atoms. The summed E-state index contributed by atoms with van der Waals surface area (Å²) in [5, 5.41) is 9.92. The predicted molar refractivity (Wildman–Crippen MR) is 120 cm³/mol. The van der Waals surface area contributed by atoms with Crippen molar-refractivity contribution >= 4 is 44.6 Å². The van der Waals surface area contributed by atoms with E-state index in [1.54, 1.807) is 23.5 Å². The van der Waals surface area contributed by atoms with Crippen LogP contribution in [0.4, 0.5) is 5.69 Å². The average molecular weight is 423 g/mol. The molecule has 0 atom stereocenters. The second-order valence-corrected chi connectivity index (χ2v) is 7.92. The normalized spacial score (nSPS) is 13.5. The SMILES string of the molecule is C/C(=N\NC(=O)CNC(=O)c1ccc2c(c1)OCCN2C)c1csc2ccccc12. The Bertz CT molecular complexity index is 1140. The summed E-state index contributed by atoms with van der Waals surface area (Å²) in [4.78, 5) is 26.6. The number of hydrazone groups is 1. The van der Waals surface area contributed by atoms with Crippen LogP contribution in [-0.2, 0) is 4.79 Å². The minimum Gasteiger partial charge on any atom is -0.490 e. The summed E-state index contributed by atoms with van der Waals surface area (Å²) >= 11 is 1.63. The van der Waals surface area contributed by atoms with Gasteiger partial charge in [-0.2, -0.15) is 5.10 Å². The molecule has 7 nitrogen and oxygen atoms in total. The standard InChI is InChI=1S/C22H22N4O3S/c1-14(17-13-30-20-6-4-3-5-16(17)20)24-25-21(27)12-23-22(28)15-7-8-18-19(11-15)29-10-9-26(18)2/h3-8,11,13H,9-10,12H2,1-2H3,(H,23,28)(H,25,27)/b24-14+. The summed E-state index contributed by atoms with van der Waals surface area (Å²) in [6.45, 7) is 3.06. The number of nitrogens with zero attached hydrogens (tertiary/aromatic N) is 2. The third-order valence-electron chi connectivity index (χ3n) is 4.95. The Kier molecular flexibility index (Phi) is 5.67. The van der Waals surface area contributed by atoms with Gasteiger partial charge in [-0.3, -0.25) is 9.59 Å². The lowest BCUT2D eigenvalue weighted by Crippen LogP contribution is -2.35. The molecule has 0 fully saturated rings. The molecule has 30 heavy (non-hydrogen) atoms. The van der Waals surface area contributed by atoms with Gasteiger partial charge in [0, 0.05) is 33.6 Å². The quantitative estimate of drug-likeness (QED) is 0.489. The van der Waals surface area contributed by atoms with E-state index in [4.69, 9.17) is 4.74 Å². The molecule has 4 rings (SSSR count).